The molecule has 0 aromatic heterocycles. The zero-order valence-corrected chi connectivity index (χ0v) is 5.10. The summed E-state index contributed by atoms with van der Waals surface area (Å²) in [5.41, 5.74) is 1.22. The maximum absolute atomic E-state index is 4.02. The first kappa shape index (κ1) is 5.22. The van der Waals surface area contributed by atoms with Crippen LogP contribution in [0.5, 0.6) is 0 Å². The topological polar surface area (TPSA) is 26.1 Å². The van der Waals surface area contributed by atoms with Gasteiger partial charge in [-0.1, -0.05) is 23.8 Å². The highest BCUT2D eigenvalue weighted by Gasteiger charge is 1.86. The van der Waals surface area contributed by atoms with Crippen molar-refractivity contribution in [3.8, 4) is 0 Å². The highest BCUT2D eigenvalue weighted by molar-refractivity contribution is 5.32. The second-order valence-corrected chi connectivity index (χ2v) is 1.94. The van der Waals surface area contributed by atoms with Crippen LogP contribution >= 0.6 is 0 Å². The molecule has 1 aliphatic rings. The van der Waals surface area contributed by atoms with Crippen molar-refractivity contribution in [2.24, 2.45) is 0 Å². The molecule has 0 saturated carbocycles. The maximum Gasteiger partial charge on any atom is -0.0440 e. The Morgan fingerprint density at radius 2 is 2.38 bits per heavy atom. The van der Waals surface area contributed by atoms with Crippen LogP contribution in [0.3, 0.4) is 0 Å². The van der Waals surface area contributed by atoms with Crippen LogP contribution in [0.4, 0.5) is 0 Å². The third-order valence-electron chi connectivity index (χ3n) is 0.972. The minimum absolute atomic E-state index is 0.977. The van der Waals surface area contributed by atoms with Gasteiger partial charge in [0.05, 0.1) is 0 Å². The normalized spacial score (nSPS) is 15.5. The molecule has 0 spiro atoms. The van der Waals surface area contributed by atoms with Gasteiger partial charge < -0.3 is 10.6 Å². The lowest BCUT2D eigenvalue weighted by molar-refractivity contribution is 1.09. The average molecular weight is 109 g/mol. The molecule has 0 aliphatic carbocycles. The Morgan fingerprint density at radius 3 is 2.62 bits per heavy atom. The van der Waals surface area contributed by atoms with E-state index in [-0.39, 0.29) is 0 Å². The number of rotatable bonds is 0. The predicted molar refractivity (Wildman–Crippen MR) is 34.0 cm³/mol. The Labute approximate surface area is 49.3 Å². The Balaban J connectivity index is 2.64. The minimum Gasteiger partial charge on any atom is -0.463 e. The molecule has 0 amide bonds. The molecular formula is C6H9N2-. The first-order chi connectivity index (χ1) is 3.80. The van der Waals surface area contributed by atoms with Crippen molar-refractivity contribution in [2.45, 2.75) is 13.8 Å². The van der Waals surface area contributed by atoms with Gasteiger partial charge in [0.25, 0.3) is 0 Å². The third kappa shape index (κ3) is 0.832. The van der Waals surface area contributed by atoms with Crippen molar-refractivity contribution >= 4 is 0 Å². The number of nitrogens with zero attached hydrogens (tertiary/aromatic N) is 1. The van der Waals surface area contributed by atoms with E-state index in [1.54, 1.807) is 6.20 Å². The maximum atomic E-state index is 4.02. The lowest BCUT2D eigenvalue weighted by Crippen LogP contribution is -1.97. The molecule has 0 atom stereocenters. The van der Waals surface area contributed by atoms with E-state index in [0.29, 0.717) is 0 Å². The van der Waals surface area contributed by atoms with Crippen molar-refractivity contribution in [1.82, 2.24) is 5.32 Å². The fourth-order valence-electron chi connectivity index (χ4n) is 0.539. The molecule has 1 rings (SSSR count). The van der Waals surface area contributed by atoms with Crippen LogP contribution in [-0.2, 0) is 0 Å². The van der Waals surface area contributed by atoms with Crippen molar-refractivity contribution in [3.05, 3.63) is 29.1 Å². The molecule has 2 nitrogen and oxygen atoms in total. The minimum atomic E-state index is 0.977. The molecule has 0 aromatic rings. The van der Waals surface area contributed by atoms with E-state index in [2.05, 4.69) is 10.6 Å². The standard InChI is InChI=1S/C6H9N2/c1-5(2)6-7-3-4-8-6/h3-4,7H,1-2H3/q-1. The molecule has 1 N–H and O–H groups in total. The molecule has 8 heavy (non-hydrogen) atoms. The first-order valence-corrected chi connectivity index (χ1v) is 2.60. The molecule has 0 saturated heterocycles. The van der Waals surface area contributed by atoms with Crippen LogP contribution in [0.2, 0.25) is 0 Å². The summed E-state index contributed by atoms with van der Waals surface area (Å²) in [6, 6.07) is 0. The number of allylic oxidation sites excluding steroid dienone is 1. The number of hydrogen-bond acceptors (Lipinski definition) is 1. The highest BCUT2D eigenvalue weighted by Crippen LogP contribution is 2.12. The Bertz CT molecular complexity index is 131. The predicted octanol–water partition coefficient (Wildman–Crippen LogP) is 1.69. The van der Waals surface area contributed by atoms with Crippen molar-refractivity contribution in [3.63, 3.8) is 0 Å². The van der Waals surface area contributed by atoms with E-state index in [1.165, 1.54) is 5.57 Å². The first-order valence-electron chi connectivity index (χ1n) is 2.60. The number of hydrogen-bond donors (Lipinski definition) is 1. The Kier molecular flexibility index (Phi) is 1.24. The van der Waals surface area contributed by atoms with Gasteiger partial charge in [-0.15, -0.1) is 0 Å². The molecule has 1 heterocycles. The molecular weight excluding hydrogens is 100 g/mol. The van der Waals surface area contributed by atoms with Crippen LogP contribution in [0.25, 0.3) is 5.32 Å². The summed E-state index contributed by atoms with van der Waals surface area (Å²) in [7, 11) is 0. The Morgan fingerprint density at radius 1 is 1.62 bits per heavy atom. The summed E-state index contributed by atoms with van der Waals surface area (Å²) in [6.07, 6.45) is 3.57. The molecule has 0 unspecified atom stereocenters. The van der Waals surface area contributed by atoms with Crippen LogP contribution in [0.15, 0.2) is 23.8 Å². The van der Waals surface area contributed by atoms with Gasteiger partial charge >= 0.3 is 0 Å². The van der Waals surface area contributed by atoms with Crippen molar-refractivity contribution in [1.29, 1.82) is 0 Å². The van der Waals surface area contributed by atoms with Crippen molar-refractivity contribution in [2.75, 3.05) is 0 Å². The molecule has 0 bridgehead atoms. The lowest BCUT2D eigenvalue weighted by atomic mass is 10.3. The van der Waals surface area contributed by atoms with Crippen LogP contribution in [0, 0.1) is 0 Å². The van der Waals surface area contributed by atoms with Gasteiger partial charge in [0.2, 0.25) is 0 Å². The monoisotopic (exact) mass is 109 g/mol. The molecule has 0 fully saturated rings. The number of nitrogens with one attached hydrogen (secondary N) is 1. The van der Waals surface area contributed by atoms with E-state index in [4.69, 9.17) is 0 Å². The van der Waals surface area contributed by atoms with Gasteiger partial charge in [0, 0.05) is 0 Å². The Hall–Kier alpha value is -0.920. The van der Waals surface area contributed by atoms with Crippen molar-refractivity contribution < 1.29 is 0 Å². The molecule has 44 valence electrons. The fourth-order valence-corrected chi connectivity index (χ4v) is 0.539. The third-order valence-corrected chi connectivity index (χ3v) is 0.972. The quantitative estimate of drug-likeness (QED) is 0.503. The summed E-state index contributed by atoms with van der Waals surface area (Å²) in [6.45, 7) is 4.05. The van der Waals surface area contributed by atoms with Crippen LogP contribution < -0.4 is 5.32 Å². The van der Waals surface area contributed by atoms with E-state index >= 15 is 0 Å². The summed E-state index contributed by atoms with van der Waals surface area (Å²) in [4.78, 5) is 0. The van der Waals surface area contributed by atoms with E-state index in [0.717, 1.165) is 5.82 Å². The summed E-state index contributed by atoms with van der Waals surface area (Å²) < 4.78 is 0. The summed E-state index contributed by atoms with van der Waals surface area (Å²) in [5, 5.41) is 7.01. The molecule has 0 aromatic carbocycles. The summed E-state index contributed by atoms with van der Waals surface area (Å²) in [5.74, 6) is 0.977. The van der Waals surface area contributed by atoms with E-state index < -0.39 is 0 Å². The smallest absolute Gasteiger partial charge is 0.0440 e. The fraction of sp³-hybridized carbons (Fsp3) is 0.333. The largest absolute Gasteiger partial charge is 0.463 e. The molecule has 1 aliphatic heterocycles. The SMILES string of the molecule is CC(C)=C1[N-]C=CN1. The van der Waals surface area contributed by atoms with Crippen LogP contribution in [0.1, 0.15) is 13.8 Å². The second-order valence-electron chi connectivity index (χ2n) is 1.94. The van der Waals surface area contributed by atoms with Gasteiger partial charge in [-0.25, -0.2) is 0 Å². The molecule has 2 heteroatoms. The van der Waals surface area contributed by atoms with Gasteiger partial charge in [0.15, 0.2) is 0 Å². The second kappa shape index (κ2) is 1.90. The van der Waals surface area contributed by atoms with Gasteiger partial charge in [0.1, 0.15) is 0 Å². The van der Waals surface area contributed by atoms with Gasteiger partial charge in [-0.2, -0.15) is 0 Å². The zero-order chi connectivity index (χ0) is 5.98. The van der Waals surface area contributed by atoms with E-state index in [1.807, 2.05) is 20.0 Å². The zero-order valence-electron chi connectivity index (χ0n) is 5.10. The lowest BCUT2D eigenvalue weighted by Gasteiger charge is -2.10. The molecule has 0 radical (unpaired) electrons. The average Bonchev–Trinajstić information content (AvgIpc) is 2.12. The highest BCUT2D eigenvalue weighted by atomic mass is 15.1. The summed E-state index contributed by atoms with van der Waals surface area (Å²) >= 11 is 0. The van der Waals surface area contributed by atoms with Gasteiger partial charge in [-0.3, -0.25) is 0 Å². The van der Waals surface area contributed by atoms with E-state index in [9.17, 15) is 0 Å². The van der Waals surface area contributed by atoms with Gasteiger partial charge in [-0.05, 0) is 13.8 Å². The van der Waals surface area contributed by atoms with Crippen LogP contribution in [-0.4, -0.2) is 0 Å².